The molecule has 0 radical (unpaired) electrons. The van der Waals surface area contributed by atoms with Gasteiger partial charge in [0.25, 0.3) is 0 Å². The summed E-state index contributed by atoms with van der Waals surface area (Å²) in [6.07, 6.45) is 3.28. The van der Waals surface area contributed by atoms with Crippen molar-refractivity contribution >= 4 is 17.5 Å². The largest absolute Gasteiger partial charge is 1.00 e. The molecule has 12 heteroatoms. The summed E-state index contributed by atoms with van der Waals surface area (Å²) in [5, 5.41) is 34.6. The summed E-state index contributed by atoms with van der Waals surface area (Å²) in [5.41, 5.74) is -1.67. The predicted molar refractivity (Wildman–Crippen MR) is 195 cm³/mol. The van der Waals surface area contributed by atoms with Crippen molar-refractivity contribution in [3.8, 4) is 0 Å². The number of hydrogen-bond donors (Lipinski definition) is 2. The summed E-state index contributed by atoms with van der Waals surface area (Å²) >= 11 is 0. The molecule has 2 spiro atoms. The molecule has 0 bridgehead atoms. The van der Waals surface area contributed by atoms with Crippen molar-refractivity contribution in [2.75, 3.05) is 0 Å². The Labute approximate surface area is 346 Å². The molecule has 5 aliphatic rings. The van der Waals surface area contributed by atoms with Gasteiger partial charge in [-0.15, -0.1) is 0 Å². The first-order valence-electron chi connectivity index (χ1n) is 20.9. The van der Waals surface area contributed by atoms with Crippen LogP contribution < -0.4 is 34.7 Å². The third-order valence-corrected chi connectivity index (χ3v) is 14.7. The number of aliphatic hydroxyl groups excluding tert-OH is 1. The first-order valence-corrected chi connectivity index (χ1v) is 20.9. The van der Waals surface area contributed by atoms with Gasteiger partial charge >= 0.3 is 29.6 Å². The van der Waals surface area contributed by atoms with Crippen LogP contribution in [0, 0.1) is 41.4 Å². The first kappa shape index (κ1) is 46.2. The zero-order valence-electron chi connectivity index (χ0n) is 35.1. The zero-order valence-corrected chi connectivity index (χ0v) is 37.1. The van der Waals surface area contributed by atoms with Crippen LogP contribution in [0.4, 0.5) is 0 Å². The van der Waals surface area contributed by atoms with E-state index in [0.717, 1.165) is 12.8 Å². The van der Waals surface area contributed by atoms with Crippen LogP contribution in [0.3, 0.4) is 0 Å². The normalized spacial score (nSPS) is 44.3. The second-order valence-electron chi connectivity index (χ2n) is 18.0. The summed E-state index contributed by atoms with van der Waals surface area (Å²) in [6.45, 7) is 19.5. The molecule has 5 aliphatic heterocycles. The maximum Gasteiger partial charge on any atom is 1.00 e. The quantitative estimate of drug-likeness (QED) is 0.280. The van der Waals surface area contributed by atoms with E-state index in [9.17, 15) is 29.7 Å². The Hall–Kier alpha value is -0.470. The van der Waals surface area contributed by atoms with Crippen molar-refractivity contribution in [2.45, 2.75) is 206 Å². The average Bonchev–Trinajstić information content (AvgIpc) is 3.47. The van der Waals surface area contributed by atoms with Gasteiger partial charge in [0.2, 0.25) is 5.79 Å². The summed E-state index contributed by atoms with van der Waals surface area (Å²) in [5.74, 6) is -6.25. The molecule has 11 nitrogen and oxygen atoms in total. The molecule has 17 atom stereocenters. The second kappa shape index (κ2) is 17.8. The average molecular weight is 773 g/mol. The van der Waals surface area contributed by atoms with E-state index in [-0.39, 0.29) is 77.5 Å². The molecule has 5 rings (SSSR count). The van der Waals surface area contributed by atoms with Gasteiger partial charge in [-0.1, -0.05) is 55.4 Å². The van der Waals surface area contributed by atoms with Crippen LogP contribution >= 0.6 is 0 Å². The third kappa shape index (κ3) is 8.62. The Morgan fingerprint density at radius 1 is 0.889 bits per heavy atom. The molecule has 2 N–H and O–H groups in total. The molecule has 304 valence electrons. The standard InChI is InChI=1S/C42H70O11.Na/c1-11-29(38(46)47)31-15-14-23(4)36(50-31)27(8)34(44)26(7)35(45)30(12-2)37-24(5)22-25(6)41(51-37)19-16-32(43)42(53-41)21-20-39(10,52-42)33-17-18-40(48,13-3)28(9)49-33;/h23-31,33-34,36-37,44,48H,11-22H2,1-10H3,(H,46,47);/q;+1/p-1/t23-,24-,25+,26-,27-,28-,29+,30-,31+,33+,34+,36+,37-,39-,40+,41-,42-;/m0./s1. The van der Waals surface area contributed by atoms with Crippen LogP contribution in [0.25, 0.3) is 0 Å². The van der Waals surface area contributed by atoms with Crippen LogP contribution in [-0.4, -0.2) is 87.1 Å². The molecule has 0 aromatic carbocycles. The van der Waals surface area contributed by atoms with E-state index in [1.807, 2.05) is 41.5 Å². The second-order valence-corrected chi connectivity index (χ2v) is 18.0. The fraction of sp³-hybridized carbons (Fsp3) is 0.929. The fourth-order valence-electron chi connectivity index (χ4n) is 10.7. The van der Waals surface area contributed by atoms with Crippen molar-refractivity contribution in [1.82, 2.24) is 0 Å². The third-order valence-electron chi connectivity index (χ3n) is 14.7. The van der Waals surface area contributed by atoms with Gasteiger partial charge in [-0.3, -0.25) is 9.59 Å². The molecule has 0 saturated carbocycles. The smallest absolute Gasteiger partial charge is 0.550 e. The van der Waals surface area contributed by atoms with Crippen LogP contribution in [0.15, 0.2) is 0 Å². The fourth-order valence-corrected chi connectivity index (χ4v) is 10.7. The van der Waals surface area contributed by atoms with Gasteiger partial charge in [0.05, 0.1) is 47.8 Å². The topological polar surface area (TPSA) is 161 Å². The number of Topliss-reactive ketones (excluding diaryl/α,β-unsaturated/α-hetero) is 2. The molecular formula is C42H69NaO11. The van der Waals surface area contributed by atoms with Gasteiger partial charge < -0.3 is 43.8 Å². The van der Waals surface area contributed by atoms with Crippen molar-refractivity contribution in [3.63, 3.8) is 0 Å². The Morgan fingerprint density at radius 2 is 1.56 bits per heavy atom. The van der Waals surface area contributed by atoms with Crippen molar-refractivity contribution < 1.29 is 82.9 Å². The number of carbonyl (C=O) groups excluding carboxylic acids is 3. The van der Waals surface area contributed by atoms with Crippen LogP contribution in [0.5, 0.6) is 0 Å². The number of ether oxygens (including phenoxy) is 5. The van der Waals surface area contributed by atoms with E-state index >= 15 is 0 Å². The van der Waals surface area contributed by atoms with Crippen molar-refractivity contribution in [3.05, 3.63) is 0 Å². The van der Waals surface area contributed by atoms with Gasteiger partial charge in [0, 0.05) is 54.8 Å². The van der Waals surface area contributed by atoms with Crippen molar-refractivity contribution in [1.29, 1.82) is 0 Å². The molecule has 54 heavy (non-hydrogen) atoms. The van der Waals surface area contributed by atoms with Gasteiger partial charge in [-0.2, -0.15) is 0 Å². The van der Waals surface area contributed by atoms with E-state index in [4.69, 9.17) is 23.7 Å². The van der Waals surface area contributed by atoms with E-state index in [1.165, 1.54) is 0 Å². The summed E-state index contributed by atoms with van der Waals surface area (Å²) in [7, 11) is 0. The number of hydrogen-bond acceptors (Lipinski definition) is 11. The number of rotatable bonds is 12. The van der Waals surface area contributed by atoms with E-state index in [2.05, 4.69) is 20.8 Å². The molecule has 0 aliphatic carbocycles. The van der Waals surface area contributed by atoms with Gasteiger partial charge in [-0.25, -0.2) is 0 Å². The monoisotopic (exact) mass is 772 g/mol. The minimum atomic E-state index is -1.48. The molecule has 0 aromatic heterocycles. The van der Waals surface area contributed by atoms with E-state index in [0.29, 0.717) is 57.8 Å². The van der Waals surface area contributed by atoms with Crippen LogP contribution in [-0.2, 0) is 38.1 Å². The van der Waals surface area contributed by atoms with Crippen LogP contribution in [0.2, 0.25) is 0 Å². The molecular weight excluding hydrogens is 703 g/mol. The molecule has 5 saturated heterocycles. The number of carboxylic acid groups (broad SMARTS) is 1. The Balaban J connectivity index is 0.00000650. The Morgan fingerprint density at radius 3 is 2.15 bits per heavy atom. The maximum atomic E-state index is 14.4. The SMILES string of the molecule is CC[C@@H](C(=O)[C@@H](C)[C@@H](O)[C@H](C)[C@@H]1O[C@@H]([C@@H](CC)C(=O)[O-])CC[C@@H]1C)[C@H]1O[C@]2(CCC(=O)[C@]3(CC[C@@](C)([C@H]4CC[C@](O)(CC)[C@H](C)O4)O3)O2)[C@H](C)C[C@@H]1C.[Na+]. The Bertz CT molecular complexity index is 1330. The summed E-state index contributed by atoms with van der Waals surface area (Å²) in [6, 6.07) is 0. The number of ketones is 2. The summed E-state index contributed by atoms with van der Waals surface area (Å²) in [4.78, 5) is 40.0. The minimum absolute atomic E-state index is 0. The van der Waals surface area contributed by atoms with Gasteiger partial charge in [-0.05, 0) is 83.5 Å². The molecule has 0 aromatic rings. The molecule has 5 fully saturated rings. The number of aliphatic hydroxyl groups is 2. The predicted octanol–water partition coefficient (Wildman–Crippen LogP) is 2.29. The first-order chi connectivity index (χ1) is 24.8. The molecule has 0 amide bonds. The van der Waals surface area contributed by atoms with Crippen molar-refractivity contribution in [2.24, 2.45) is 41.4 Å². The van der Waals surface area contributed by atoms with Gasteiger partial charge in [0.1, 0.15) is 5.78 Å². The van der Waals surface area contributed by atoms with Crippen LogP contribution in [0.1, 0.15) is 146 Å². The van der Waals surface area contributed by atoms with E-state index < -0.39 is 76.8 Å². The molecule has 5 heterocycles. The number of carboxylic acids is 1. The van der Waals surface area contributed by atoms with Gasteiger partial charge in [0.15, 0.2) is 11.6 Å². The Kier molecular flexibility index (Phi) is 15.2. The number of aliphatic carboxylic acids is 1. The maximum absolute atomic E-state index is 14.4. The minimum Gasteiger partial charge on any atom is -0.550 e. The zero-order chi connectivity index (χ0) is 39.3. The van der Waals surface area contributed by atoms with E-state index in [1.54, 1.807) is 6.92 Å². The number of carbonyl (C=O) groups is 3. The summed E-state index contributed by atoms with van der Waals surface area (Å²) < 4.78 is 33.4. The molecule has 0 unspecified atom stereocenters.